The molecule has 3 rings (SSSR count). The van der Waals surface area contributed by atoms with E-state index in [9.17, 15) is 0 Å². The average Bonchev–Trinajstić information content (AvgIpc) is 2.96. The van der Waals surface area contributed by atoms with E-state index in [2.05, 4.69) is 22.0 Å². The van der Waals surface area contributed by atoms with Gasteiger partial charge in [0.15, 0.2) is 0 Å². The number of aromatic amines is 1. The van der Waals surface area contributed by atoms with E-state index in [1.165, 1.54) is 18.4 Å². The molecule has 0 amide bonds. The van der Waals surface area contributed by atoms with Gasteiger partial charge in [-0.1, -0.05) is 6.42 Å². The standard InChI is InChI=1S/C15H23N5/c1-9-14(10(2)20(3)19-9)13-8-17-15(18-13)11-5-4-6-12(16)7-11/h8,11-12H,4-7,16H2,1-3H3,(H,17,18). The van der Waals surface area contributed by atoms with E-state index in [0.29, 0.717) is 12.0 Å². The molecule has 0 bridgehead atoms. The Labute approximate surface area is 119 Å². The molecule has 0 radical (unpaired) electrons. The Kier molecular flexibility index (Phi) is 3.38. The van der Waals surface area contributed by atoms with Gasteiger partial charge in [0.2, 0.25) is 0 Å². The van der Waals surface area contributed by atoms with Crippen LogP contribution in [0.1, 0.15) is 48.8 Å². The van der Waals surface area contributed by atoms with Crippen molar-refractivity contribution in [3.05, 3.63) is 23.4 Å². The fourth-order valence-corrected chi connectivity index (χ4v) is 3.31. The van der Waals surface area contributed by atoms with Gasteiger partial charge in [-0.3, -0.25) is 4.68 Å². The van der Waals surface area contributed by atoms with Crippen LogP contribution in [0, 0.1) is 13.8 Å². The molecule has 108 valence electrons. The zero-order chi connectivity index (χ0) is 14.3. The summed E-state index contributed by atoms with van der Waals surface area (Å²) in [7, 11) is 1.98. The van der Waals surface area contributed by atoms with Crippen molar-refractivity contribution in [3.8, 4) is 11.3 Å². The highest BCUT2D eigenvalue weighted by Gasteiger charge is 2.24. The van der Waals surface area contributed by atoms with E-state index in [4.69, 9.17) is 5.73 Å². The van der Waals surface area contributed by atoms with Crippen molar-refractivity contribution >= 4 is 0 Å². The van der Waals surface area contributed by atoms with E-state index < -0.39 is 0 Å². The topological polar surface area (TPSA) is 72.5 Å². The summed E-state index contributed by atoms with van der Waals surface area (Å²) in [6.45, 7) is 4.13. The van der Waals surface area contributed by atoms with Crippen LogP contribution in [0.25, 0.3) is 11.3 Å². The second-order valence-electron chi connectivity index (χ2n) is 5.98. The van der Waals surface area contributed by atoms with Crippen molar-refractivity contribution in [2.45, 2.75) is 51.5 Å². The Hall–Kier alpha value is -1.62. The number of rotatable bonds is 2. The smallest absolute Gasteiger partial charge is 0.109 e. The van der Waals surface area contributed by atoms with Crippen LogP contribution in [0.15, 0.2) is 6.20 Å². The van der Waals surface area contributed by atoms with Crippen molar-refractivity contribution in [1.29, 1.82) is 0 Å². The highest BCUT2D eigenvalue weighted by Crippen LogP contribution is 2.32. The van der Waals surface area contributed by atoms with Crippen LogP contribution in [0.4, 0.5) is 0 Å². The molecule has 1 saturated carbocycles. The first-order chi connectivity index (χ1) is 9.56. The average molecular weight is 273 g/mol. The third-order valence-corrected chi connectivity index (χ3v) is 4.48. The number of imidazole rings is 1. The number of nitrogens with one attached hydrogen (secondary N) is 1. The first-order valence-corrected chi connectivity index (χ1v) is 7.37. The maximum absolute atomic E-state index is 6.08. The van der Waals surface area contributed by atoms with Gasteiger partial charge in [0, 0.05) is 30.3 Å². The molecule has 1 aliphatic carbocycles. The predicted molar refractivity (Wildman–Crippen MR) is 79.4 cm³/mol. The van der Waals surface area contributed by atoms with Crippen LogP contribution in [-0.2, 0) is 7.05 Å². The number of nitrogens with zero attached hydrogens (tertiary/aromatic N) is 3. The Morgan fingerprint density at radius 3 is 2.80 bits per heavy atom. The van der Waals surface area contributed by atoms with Gasteiger partial charge >= 0.3 is 0 Å². The van der Waals surface area contributed by atoms with E-state index in [1.54, 1.807) is 0 Å². The predicted octanol–water partition coefficient (Wildman–Crippen LogP) is 2.41. The third kappa shape index (κ3) is 2.26. The summed E-state index contributed by atoms with van der Waals surface area (Å²) in [5, 5.41) is 4.47. The van der Waals surface area contributed by atoms with Gasteiger partial charge in [0.05, 0.1) is 17.6 Å². The largest absolute Gasteiger partial charge is 0.342 e. The quantitative estimate of drug-likeness (QED) is 0.882. The van der Waals surface area contributed by atoms with Crippen molar-refractivity contribution in [3.63, 3.8) is 0 Å². The van der Waals surface area contributed by atoms with Gasteiger partial charge < -0.3 is 10.7 Å². The molecular formula is C15H23N5. The van der Waals surface area contributed by atoms with Crippen molar-refractivity contribution in [2.24, 2.45) is 12.8 Å². The lowest BCUT2D eigenvalue weighted by Gasteiger charge is -2.24. The van der Waals surface area contributed by atoms with Crippen LogP contribution in [0.3, 0.4) is 0 Å². The SMILES string of the molecule is Cc1nn(C)c(C)c1-c1cnc(C2CCCC(N)C2)[nH]1. The molecule has 20 heavy (non-hydrogen) atoms. The Balaban J connectivity index is 1.90. The Morgan fingerprint density at radius 1 is 1.35 bits per heavy atom. The molecule has 2 unspecified atom stereocenters. The van der Waals surface area contributed by atoms with Crippen molar-refractivity contribution in [2.75, 3.05) is 0 Å². The van der Waals surface area contributed by atoms with Gasteiger partial charge in [0.1, 0.15) is 5.82 Å². The maximum Gasteiger partial charge on any atom is 0.109 e. The second-order valence-corrected chi connectivity index (χ2v) is 5.98. The van der Waals surface area contributed by atoms with Gasteiger partial charge in [-0.25, -0.2) is 4.98 Å². The fraction of sp³-hybridized carbons (Fsp3) is 0.600. The van der Waals surface area contributed by atoms with E-state index in [0.717, 1.165) is 35.7 Å². The van der Waals surface area contributed by atoms with Crippen LogP contribution >= 0.6 is 0 Å². The van der Waals surface area contributed by atoms with Crippen molar-refractivity contribution in [1.82, 2.24) is 19.7 Å². The molecule has 0 aliphatic heterocycles. The number of aryl methyl sites for hydroxylation is 2. The molecule has 3 N–H and O–H groups in total. The monoisotopic (exact) mass is 273 g/mol. The third-order valence-electron chi connectivity index (χ3n) is 4.48. The van der Waals surface area contributed by atoms with Gasteiger partial charge in [0.25, 0.3) is 0 Å². The Morgan fingerprint density at radius 2 is 2.15 bits per heavy atom. The minimum Gasteiger partial charge on any atom is -0.342 e. The molecule has 0 aromatic carbocycles. The minimum atomic E-state index is 0.323. The highest BCUT2D eigenvalue weighted by molar-refractivity contribution is 5.64. The molecule has 2 aromatic heterocycles. The lowest BCUT2D eigenvalue weighted by atomic mass is 9.86. The van der Waals surface area contributed by atoms with Gasteiger partial charge in [-0.2, -0.15) is 5.10 Å². The summed E-state index contributed by atoms with van der Waals surface area (Å²) in [4.78, 5) is 8.09. The van der Waals surface area contributed by atoms with E-state index in [-0.39, 0.29) is 0 Å². The molecule has 1 aliphatic rings. The highest BCUT2D eigenvalue weighted by atomic mass is 15.3. The van der Waals surface area contributed by atoms with Gasteiger partial charge in [-0.05, 0) is 33.1 Å². The number of nitrogens with two attached hydrogens (primary N) is 1. The van der Waals surface area contributed by atoms with Crippen LogP contribution < -0.4 is 5.73 Å². The summed E-state index contributed by atoms with van der Waals surface area (Å²) in [6.07, 6.45) is 6.51. The molecular weight excluding hydrogens is 250 g/mol. The number of hydrogen-bond acceptors (Lipinski definition) is 3. The molecule has 2 atom stereocenters. The number of aromatic nitrogens is 4. The fourth-order valence-electron chi connectivity index (χ4n) is 3.31. The first-order valence-electron chi connectivity index (χ1n) is 7.37. The maximum atomic E-state index is 6.08. The summed E-state index contributed by atoms with van der Waals surface area (Å²) in [5.74, 6) is 1.56. The summed E-state index contributed by atoms with van der Waals surface area (Å²) in [6, 6.07) is 0.323. The zero-order valence-corrected chi connectivity index (χ0v) is 12.5. The zero-order valence-electron chi connectivity index (χ0n) is 12.5. The minimum absolute atomic E-state index is 0.323. The van der Waals surface area contributed by atoms with Crippen molar-refractivity contribution < 1.29 is 0 Å². The first kappa shape index (κ1) is 13.4. The van der Waals surface area contributed by atoms with E-state index in [1.807, 2.05) is 24.9 Å². The van der Waals surface area contributed by atoms with E-state index >= 15 is 0 Å². The van der Waals surface area contributed by atoms with Crippen LogP contribution in [0.2, 0.25) is 0 Å². The normalized spacial score (nSPS) is 23.2. The van der Waals surface area contributed by atoms with Crippen LogP contribution in [-0.4, -0.2) is 25.8 Å². The molecule has 5 nitrogen and oxygen atoms in total. The molecule has 2 heterocycles. The molecule has 0 spiro atoms. The summed E-state index contributed by atoms with van der Waals surface area (Å²) in [5.41, 5.74) is 10.5. The molecule has 2 aromatic rings. The lowest BCUT2D eigenvalue weighted by molar-refractivity contribution is 0.383. The Bertz CT molecular complexity index is 610. The molecule has 1 fully saturated rings. The second kappa shape index (κ2) is 5.05. The number of H-pyrrole nitrogens is 1. The van der Waals surface area contributed by atoms with Gasteiger partial charge in [-0.15, -0.1) is 0 Å². The molecule has 0 saturated heterocycles. The number of hydrogen-bond donors (Lipinski definition) is 2. The molecule has 5 heteroatoms. The lowest BCUT2D eigenvalue weighted by Crippen LogP contribution is -2.27. The van der Waals surface area contributed by atoms with Crippen LogP contribution in [0.5, 0.6) is 0 Å². The summed E-state index contributed by atoms with van der Waals surface area (Å²) < 4.78 is 1.92. The summed E-state index contributed by atoms with van der Waals surface area (Å²) >= 11 is 0.